The molecule has 0 fully saturated rings. The summed E-state index contributed by atoms with van der Waals surface area (Å²) >= 11 is 0. The van der Waals surface area contributed by atoms with Crippen LogP contribution in [0.2, 0.25) is 0 Å². The summed E-state index contributed by atoms with van der Waals surface area (Å²) in [6, 6.07) is 11.1. The smallest absolute Gasteiger partial charge is 0.241 e. The molecule has 2 aromatic carbocycles. The molecule has 1 heterocycles. The second kappa shape index (κ2) is 7.92. The lowest BCUT2D eigenvalue weighted by atomic mass is 9.89. The molecule has 29 heavy (non-hydrogen) atoms. The van der Waals surface area contributed by atoms with Crippen LogP contribution in [0.3, 0.4) is 0 Å². The van der Waals surface area contributed by atoms with Crippen molar-refractivity contribution >= 4 is 21.6 Å². The molecule has 4 rings (SSSR count). The van der Waals surface area contributed by atoms with Gasteiger partial charge >= 0.3 is 0 Å². The first kappa shape index (κ1) is 20.1. The van der Waals surface area contributed by atoms with Gasteiger partial charge in [-0.3, -0.25) is 4.79 Å². The summed E-state index contributed by atoms with van der Waals surface area (Å²) in [4.78, 5) is 14.1. The number of hydrogen-bond donors (Lipinski definition) is 1. The Morgan fingerprint density at radius 1 is 1.03 bits per heavy atom. The lowest BCUT2D eigenvalue weighted by Crippen LogP contribution is -2.28. The Bertz CT molecular complexity index is 1050. The van der Waals surface area contributed by atoms with Crippen LogP contribution in [-0.2, 0) is 34.1 Å². The molecular formula is C23H28N2O3S. The molecule has 1 amide bonds. The number of nitrogens with zero attached hydrogens (tertiary/aromatic N) is 1. The Morgan fingerprint density at radius 3 is 2.55 bits per heavy atom. The van der Waals surface area contributed by atoms with Crippen molar-refractivity contribution in [1.29, 1.82) is 0 Å². The van der Waals surface area contributed by atoms with Gasteiger partial charge in [0.15, 0.2) is 0 Å². The molecule has 0 aromatic heterocycles. The first-order chi connectivity index (χ1) is 13.9. The van der Waals surface area contributed by atoms with E-state index in [2.05, 4.69) is 16.9 Å². The fraction of sp³-hybridized carbons (Fsp3) is 0.435. The molecule has 2 aromatic rings. The molecule has 154 valence electrons. The Kier molecular flexibility index (Phi) is 5.49. The SMILES string of the molecule is CCC(=O)N1CCc2cc(S(=O)(=O)NC(C)c3ccc4c(c3)CCCC4)ccc21. The highest BCUT2D eigenvalue weighted by atomic mass is 32.2. The Hall–Kier alpha value is -2.18. The number of benzene rings is 2. The molecule has 0 radical (unpaired) electrons. The van der Waals surface area contributed by atoms with Crippen LogP contribution in [-0.4, -0.2) is 20.9 Å². The highest BCUT2D eigenvalue weighted by molar-refractivity contribution is 7.89. The highest BCUT2D eigenvalue weighted by Crippen LogP contribution is 2.31. The van der Waals surface area contributed by atoms with Crippen molar-refractivity contribution in [1.82, 2.24) is 4.72 Å². The maximum absolute atomic E-state index is 13.0. The van der Waals surface area contributed by atoms with E-state index in [0.717, 1.165) is 29.7 Å². The van der Waals surface area contributed by atoms with Gasteiger partial charge in [-0.1, -0.05) is 25.1 Å². The number of sulfonamides is 1. The summed E-state index contributed by atoms with van der Waals surface area (Å²) in [6.07, 6.45) is 5.74. The van der Waals surface area contributed by atoms with Gasteiger partial charge in [0, 0.05) is 24.7 Å². The minimum absolute atomic E-state index is 0.0681. The number of carbonyl (C=O) groups is 1. The zero-order chi connectivity index (χ0) is 20.6. The van der Waals surface area contributed by atoms with Crippen LogP contribution in [0, 0.1) is 0 Å². The molecule has 1 aliphatic heterocycles. The second-order valence-corrected chi connectivity index (χ2v) is 9.73. The van der Waals surface area contributed by atoms with Gasteiger partial charge in [-0.15, -0.1) is 0 Å². The van der Waals surface area contributed by atoms with Crippen molar-refractivity contribution in [3.8, 4) is 0 Å². The van der Waals surface area contributed by atoms with Crippen LogP contribution in [0.1, 0.15) is 61.4 Å². The van der Waals surface area contributed by atoms with Crippen molar-refractivity contribution in [2.75, 3.05) is 11.4 Å². The van der Waals surface area contributed by atoms with Crippen molar-refractivity contribution in [3.63, 3.8) is 0 Å². The third-order valence-corrected chi connectivity index (χ3v) is 7.60. The molecule has 0 saturated carbocycles. The zero-order valence-electron chi connectivity index (χ0n) is 17.1. The number of carbonyl (C=O) groups excluding carboxylic acids is 1. The summed E-state index contributed by atoms with van der Waals surface area (Å²) in [5, 5.41) is 0. The van der Waals surface area contributed by atoms with Gasteiger partial charge < -0.3 is 4.90 Å². The van der Waals surface area contributed by atoms with Crippen LogP contribution in [0.4, 0.5) is 5.69 Å². The van der Waals surface area contributed by atoms with E-state index in [4.69, 9.17) is 0 Å². The Balaban J connectivity index is 1.54. The van der Waals surface area contributed by atoms with Crippen molar-refractivity contribution in [2.45, 2.75) is 63.3 Å². The number of hydrogen-bond acceptors (Lipinski definition) is 3. The number of nitrogens with one attached hydrogen (secondary N) is 1. The molecule has 6 heteroatoms. The van der Waals surface area contributed by atoms with Gasteiger partial charge in [-0.2, -0.15) is 0 Å². The van der Waals surface area contributed by atoms with E-state index in [1.165, 1.54) is 24.0 Å². The first-order valence-corrected chi connectivity index (χ1v) is 11.9. The molecule has 1 aliphatic carbocycles. The summed E-state index contributed by atoms with van der Waals surface area (Å²) in [7, 11) is -3.65. The Morgan fingerprint density at radius 2 is 1.79 bits per heavy atom. The predicted octanol–water partition coefficient (Wildman–Crippen LogP) is 3.90. The van der Waals surface area contributed by atoms with E-state index >= 15 is 0 Å². The minimum Gasteiger partial charge on any atom is -0.312 e. The molecule has 1 unspecified atom stereocenters. The summed E-state index contributed by atoms with van der Waals surface area (Å²) in [6.45, 7) is 4.34. The van der Waals surface area contributed by atoms with Gasteiger partial charge in [0.25, 0.3) is 0 Å². The van der Waals surface area contributed by atoms with Gasteiger partial charge in [-0.05, 0) is 79.5 Å². The van der Waals surface area contributed by atoms with Crippen LogP contribution in [0.5, 0.6) is 0 Å². The largest absolute Gasteiger partial charge is 0.312 e. The molecule has 0 bridgehead atoms. The van der Waals surface area contributed by atoms with E-state index in [1.54, 1.807) is 23.1 Å². The number of aryl methyl sites for hydroxylation is 2. The van der Waals surface area contributed by atoms with Crippen LogP contribution >= 0.6 is 0 Å². The summed E-state index contributed by atoms with van der Waals surface area (Å²) < 4.78 is 28.8. The highest BCUT2D eigenvalue weighted by Gasteiger charge is 2.26. The molecule has 0 saturated heterocycles. The van der Waals surface area contributed by atoms with Gasteiger partial charge in [0.05, 0.1) is 4.90 Å². The predicted molar refractivity (Wildman–Crippen MR) is 115 cm³/mol. The molecule has 2 aliphatic rings. The van der Waals surface area contributed by atoms with Crippen molar-refractivity contribution < 1.29 is 13.2 Å². The van der Waals surface area contributed by atoms with E-state index < -0.39 is 10.0 Å². The molecular weight excluding hydrogens is 384 g/mol. The van der Waals surface area contributed by atoms with Crippen molar-refractivity contribution in [2.24, 2.45) is 0 Å². The van der Waals surface area contributed by atoms with Crippen LogP contribution < -0.4 is 9.62 Å². The third kappa shape index (κ3) is 3.96. The normalized spacial score (nSPS) is 17.0. The van der Waals surface area contributed by atoms with Gasteiger partial charge in [0.2, 0.25) is 15.9 Å². The monoisotopic (exact) mass is 412 g/mol. The van der Waals surface area contributed by atoms with E-state index in [-0.39, 0.29) is 16.8 Å². The van der Waals surface area contributed by atoms with Gasteiger partial charge in [0.1, 0.15) is 0 Å². The zero-order valence-corrected chi connectivity index (χ0v) is 17.9. The second-order valence-electron chi connectivity index (χ2n) is 8.02. The molecule has 1 N–H and O–H groups in total. The number of fused-ring (bicyclic) bond motifs is 2. The number of amides is 1. The van der Waals surface area contributed by atoms with Crippen LogP contribution in [0.15, 0.2) is 41.3 Å². The lowest BCUT2D eigenvalue weighted by Gasteiger charge is -2.20. The molecule has 5 nitrogen and oxygen atoms in total. The number of rotatable bonds is 5. The maximum atomic E-state index is 13.0. The minimum atomic E-state index is -3.65. The molecule has 1 atom stereocenters. The van der Waals surface area contributed by atoms with Gasteiger partial charge in [-0.25, -0.2) is 13.1 Å². The number of anilines is 1. The summed E-state index contributed by atoms with van der Waals surface area (Å²) in [5.74, 6) is 0.0681. The summed E-state index contributed by atoms with van der Waals surface area (Å²) in [5.41, 5.74) is 5.47. The lowest BCUT2D eigenvalue weighted by molar-refractivity contribution is -0.118. The van der Waals surface area contributed by atoms with Crippen molar-refractivity contribution in [3.05, 3.63) is 58.7 Å². The first-order valence-electron chi connectivity index (χ1n) is 10.5. The molecule has 0 spiro atoms. The van der Waals surface area contributed by atoms with E-state index in [0.29, 0.717) is 19.4 Å². The fourth-order valence-corrected chi connectivity index (χ4v) is 5.67. The Labute approximate surface area is 173 Å². The van der Waals surface area contributed by atoms with E-state index in [1.807, 2.05) is 19.9 Å². The van der Waals surface area contributed by atoms with Crippen LogP contribution in [0.25, 0.3) is 0 Å². The standard InChI is InChI=1S/C23H28N2O3S/c1-3-23(26)25-13-12-20-15-21(10-11-22(20)25)29(27,28)24-16(2)18-9-8-17-6-4-5-7-19(17)14-18/h8-11,14-16,24H,3-7,12-13H2,1-2H3. The maximum Gasteiger partial charge on any atom is 0.241 e. The fourth-order valence-electron chi connectivity index (χ4n) is 4.39. The average molecular weight is 413 g/mol. The average Bonchev–Trinajstić information content (AvgIpc) is 3.16. The third-order valence-electron chi connectivity index (χ3n) is 6.06. The quantitative estimate of drug-likeness (QED) is 0.810. The van der Waals surface area contributed by atoms with E-state index in [9.17, 15) is 13.2 Å². The topological polar surface area (TPSA) is 66.5 Å².